The molecule has 0 saturated heterocycles. The largest absolute Gasteiger partial charge is 0.354 e. The van der Waals surface area contributed by atoms with Crippen molar-refractivity contribution in [3.8, 4) is 0 Å². The first-order valence-electron chi connectivity index (χ1n) is 10.6. The molecular weight excluding hydrogens is 424 g/mol. The number of halogens is 2. The molecule has 3 aromatic carbocycles. The van der Waals surface area contributed by atoms with Gasteiger partial charge in [-0.1, -0.05) is 48.5 Å². The number of hydrogen-bond acceptors (Lipinski definition) is 2. The van der Waals surface area contributed by atoms with Gasteiger partial charge in [0.25, 0.3) is 5.91 Å². The van der Waals surface area contributed by atoms with Gasteiger partial charge in [-0.05, 0) is 35.9 Å². The van der Waals surface area contributed by atoms with Crippen LogP contribution in [0.25, 0.3) is 10.9 Å². The Labute approximate surface area is 190 Å². The summed E-state index contributed by atoms with van der Waals surface area (Å²) in [5.41, 5.74) is 2.44. The van der Waals surface area contributed by atoms with E-state index in [-0.39, 0.29) is 49.5 Å². The van der Waals surface area contributed by atoms with E-state index in [1.54, 1.807) is 41.0 Å². The highest BCUT2D eigenvalue weighted by Crippen LogP contribution is 2.22. The molecule has 0 aliphatic heterocycles. The van der Waals surface area contributed by atoms with E-state index in [2.05, 4.69) is 10.6 Å². The number of fused-ring (bicyclic) bond motifs is 1. The lowest BCUT2D eigenvalue weighted by molar-refractivity contribution is -0.120. The number of carbonyl (C=O) groups excluding carboxylic acids is 2. The third kappa shape index (κ3) is 5.44. The quantitative estimate of drug-likeness (QED) is 0.400. The Morgan fingerprint density at radius 1 is 0.818 bits per heavy atom. The van der Waals surface area contributed by atoms with Crippen LogP contribution in [0.3, 0.4) is 0 Å². The van der Waals surface area contributed by atoms with Crippen molar-refractivity contribution < 1.29 is 18.4 Å². The van der Waals surface area contributed by atoms with Crippen molar-refractivity contribution in [1.29, 1.82) is 0 Å². The molecule has 2 amide bonds. The first-order chi connectivity index (χ1) is 16.0. The lowest BCUT2D eigenvalue weighted by Crippen LogP contribution is -2.36. The molecule has 5 nitrogen and oxygen atoms in total. The van der Waals surface area contributed by atoms with Crippen molar-refractivity contribution in [3.05, 3.63) is 107 Å². The standard InChI is InChI=1S/C26H23F2N3O2/c27-21-11-9-18(10-12-21)15-25(32)29-13-14-30-26(33)24-16-19-5-2-4-8-23(19)31(24)17-20-6-1-3-7-22(20)28/h1-12,16H,13-15,17H2,(H,29,32)(H,30,33). The van der Waals surface area contributed by atoms with Crippen molar-refractivity contribution >= 4 is 22.7 Å². The number of amides is 2. The number of hydrogen-bond donors (Lipinski definition) is 2. The van der Waals surface area contributed by atoms with E-state index in [1.807, 2.05) is 24.3 Å². The molecule has 0 unspecified atom stereocenters. The third-order valence-electron chi connectivity index (χ3n) is 5.34. The fraction of sp³-hybridized carbons (Fsp3) is 0.154. The molecule has 2 N–H and O–H groups in total. The Morgan fingerprint density at radius 2 is 1.52 bits per heavy atom. The Hall–Kier alpha value is -4.00. The summed E-state index contributed by atoms with van der Waals surface area (Å²) >= 11 is 0. The fourth-order valence-corrected chi connectivity index (χ4v) is 3.68. The molecule has 0 atom stereocenters. The van der Waals surface area contributed by atoms with Crippen molar-refractivity contribution in [2.24, 2.45) is 0 Å². The fourth-order valence-electron chi connectivity index (χ4n) is 3.68. The molecule has 0 saturated carbocycles. The van der Waals surface area contributed by atoms with Gasteiger partial charge in [0.05, 0.1) is 13.0 Å². The van der Waals surface area contributed by atoms with E-state index in [4.69, 9.17) is 0 Å². The third-order valence-corrected chi connectivity index (χ3v) is 5.34. The Bertz CT molecular complexity index is 1280. The molecular formula is C26H23F2N3O2. The summed E-state index contributed by atoms with van der Waals surface area (Å²) in [6, 6.07) is 21.6. The van der Waals surface area contributed by atoms with Gasteiger partial charge < -0.3 is 15.2 Å². The maximum absolute atomic E-state index is 14.2. The highest BCUT2D eigenvalue weighted by molar-refractivity contribution is 5.98. The number of carbonyl (C=O) groups is 2. The molecule has 0 bridgehead atoms. The Kier molecular flexibility index (Phi) is 6.78. The normalized spacial score (nSPS) is 10.8. The van der Waals surface area contributed by atoms with Crippen molar-refractivity contribution in [2.45, 2.75) is 13.0 Å². The van der Waals surface area contributed by atoms with Gasteiger partial charge >= 0.3 is 0 Å². The summed E-state index contributed by atoms with van der Waals surface area (Å²) in [6.45, 7) is 0.700. The monoisotopic (exact) mass is 447 g/mol. The number of para-hydroxylation sites is 1. The number of benzene rings is 3. The highest BCUT2D eigenvalue weighted by atomic mass is 19.1. The molecule has 0 aliphatic rings. The van der Waals surface area contributed by atoms with E-state index in [0.717, 1.165) is 10.9 Å². The first kappa shape index (κ1) is 22.2. The van der Waals surface area contributed by atoms with Crippen molar-refractivity contribution in [3.63, 3.8) is 0 Å². The average Bonchev–Trinajstić information content (AvgIpc) is 3.18. The van der Waals surface area contributed by atoms with Crippen LogP contribution in [0.1, 0.15) is 21.6 Å². The Morgan fingerprint density at radius 3 is 2.30 bits per heavy atom. The summed E-state index contributed by atoms with van der Waals surface area (Å²) in [7, 11) is 0. The van der Waals surface area contributed by atoms with Gasteiger partial charge in [-0.15, -0.1) is 0 Å². The minimum absolute atomic E-state index is 0.130. The van der Waals surface area contributed by atoms with Crippen LogP contribution in [0.15, 0.2) is 78.9 Å². The van der Waals surface area contributed by atoms with Gasteiger partial charge in [-0.2, -0.15) is 0 Å². The lowest BCUT2D eigenvalue weighted by atomic mass is 10.1. The topological polar surface area (TPSA) is 63.1 Å². The maximum Gasteiger partial charge on any atom is 0.268 e. The van der Waals surface area contributed by atoms with Gasteiger partial charge in [0.15, 0.2) is 0 Å². The predicted molar refractivity (Wildman–Crippen MR) is 123 cm³/mol. The summed E-state index contributed by atoms with van der Waals surface area (Å²) in [6.07, 6.45) is 0.130. The maximum atomic E-state index is 14.2. The molecule has 168 valence electrons. The number of nitrogens with zero attached hydrogens (tertiary/aromatic N) is 1. The van der Waals surface area contributed by atoms with Gasteiger partial charge in [0.1, 0.15) is 17.3 Å². The average molecular weight is 447 g/mol. The van der Waals surface area contributed by atoms with E-state index >= 15 is 0 Å². The molecule has 1 aromatic heterocycles. The SMILES string of the molecule is O=C(Cc1ccc(F)cc1)NCCNC(=O)c1cc2ccccc2n1Cc1ccccc1F. The second-order valence-corrected chi connectivity index (χ2v) is 7.68. The molecule has 4 rings (SSSR count). The molecule has 7 heteroatoms. The molecule has 33 heavy (non-hydrogen) atoms. The van der Waals surface area contributed by atoms with Gasteiger partial charge in [-0.25, -0.2) is 8.78 Å². The summed E-state index contributed by atoms with van der Waals surface area (Å²) in [4.78, 5) is 25.0. The molecule has 0 spiro atoms. The zero-order valence-electron chi connectivity index (χ0n) is 17.9. The number of rotatable bonds is 8. The summed E-state index contributed by atoms with van der Waals surface area (Å²) in [5.74, 6) is -1.21. The van der Waals surface area contributed by atoms with Crippen LogP contribution in [0, 0.1) is 11.6 Å². The van der Waals surface area contributed by atoms with Crippen LogP contribution in [0.5, 0.6) is 0 Å². The van der Waals surface area contributed by atoms with Crippen LogP contribution in [0.2, 0.25) is 0 Å². The first-order valence-corrected chi connectivity index (χ1v) is 10.6. The van der Waals surface area contributed by atoms with Crippen LogP contribution in [-0.4, -0.2) is 29.5 Å². The number of nitrogens with one attached hydrogen (secondary N) is 2. The molecule has 0 fully saturated rings. The zero-order valence-corrected chi connectivity index (χ0v) is 17.9. The van der Waals surface area contributed by atoms with Gasteiger partial charge in [0.2, 0.25) is 5.91 Å². The highest BCUT2D eigenvalue weighted by Gasteiger charge is 2.16. The summed E-state index contributed by atoms with van der Waals surface area (Å²) < 4.78 is 29.0. The minimum atomic E-state index is -0.353. The Balaban J connectivity index is 1.39. The number of aromatic nitrogens is 1. The second kappa shape index (κ2) is 10.1. The van der Waals surface area contributed by atoms with Gasteiger partial charge in [-0.3, -0.25) is 9.59 Å². The van der Waals surface area contributed by atoms with E-state index in [9.17, 15) is 18.4 Å². The van der Waals surface area contributed by atoms with Crippen LogP contribution >= 0.6 is 0 Å². The second-order valence-electron chi connectivity index (χ2n) is 7.68. The van der Waals surface area contributed by atoms with Gasteiger partial charge in [0, 0.05) is 29.6 Å². The van der Waals surface area contributed by atoms with Crippen LogP contribution < -0.4 is 10.6 Å². The van der Waals surface area contributed by atoms with Crippen LogP contribution in [0.4, 0.5) is 8.78 Å². The lowest BCUT2D eigenvalue weighted by Gasteiger charge is -2.12. The molecule has 0 radical (unpaired) electrons. The van der Waals surface area contributed by atoms with Crippen LogP contribution in [-0.2, 0) is 17.8 Å². The smallest absolute Gasteiger partial charge is 0.268 e. The van der Waals surface area contributed by atoms with E-state index in [1.165, 1.54) is 18.2 Å². The minimum Gasteiger partial charge on any atom is -0.354 e. The van der Waals surface area contributed by atoms with E-state index < -0.39 is 0 Å². The molecule has 4 aromatic rings. The van der Waals surface area contributed by atoms with E-state index in [0.29, 0.717) is 16.8 Å². The zero-order chi connectivity index (χ0) is 23.2. The summed E-state index contributed by atoms with van der Waals surface area (Å²) in [5, 5.41) is 6.43. The molecule has 0 aliphatic carbocycles. The van der Waals surface area contributed by atoms with Crippen molar-refractivity contribution in [2.75, 3.05) is 13.1 Å². The van der Waals surface area contributed by atoms with Crippen molar-refractivity contribution in [1.82, 2.24) is 15.2 Å². The predicted octanol–water partition coefficient (Wildman–Crippen LogP) is 4.06. The molecule has 1 heterocycles.